The molecule has 1 aromatic heterocycles. The number of sulfonamides is 1. The summed E-state index contributed by atoms with van der Waals surface area (Å²) in [5.74, 6) is 0.337. The number of hydrogen-bond acceptors (Lipinski definition) is 6. The number of hydrazone groups is 1. The van der Waals surface area contributed by atoms with Crippen LogP contribution in [0, 0.1) is 6.92 Å². The molecule has 1 heterocycles. The molecule has 4 aromatic carbocycles. The third kappa shape index (κ3) is 6.88. The monoisotopic (exact) mass is 593 g/mol. The van der Waals surface area contributed by atoms with Crippen LogP contribution in [0.4, 0.5) is 0 Å². The van der Waals surface area contributed by atoms with Crippen LogP contribution in [0.1, 0.15) is 27.0 Å². The number of amides is 1. The van der Waals surface area contributed by atoms with E-state index in [4.69, 9.17) is 9.84 Å². The quantitative estimate of drug-likeness (QED) is 0.171. The van der Waals surface area contributed by atoms with E-state index in [1.165, 1.54) is 11.4 Å². The lowest BCUT2D eigenvalue weighted by atomic mass is 10.1. The van der Waals surface area contributed by atoms with Gasteiger partial charge in [0, 0.05) is 36.5 Å². The van der Waals surface area contributed by atoms with Gasteiger partial charge in [0.25, 0.3) is 5.91 Å². The number of nitrogens with one attached hydrogen (secondary N) is 1. The number of ether oxygens (including phenoxy) is 1. The summed E-state index contributed by atoms with van der Waals surface area (Å²) in [6.07, 6.45) is 3.41. The van der Waals surface area contributed by atoms with Crippen molar-refractivity contribution in [3.63, 3.8) is 0 Å². The van der Waals surface area contributed by atoms with E-state index in [2.05, 4.69) is 10.5 Å². The highest BCUT2D eigenvalue weighted by Crippen LogP contribution is 2.25. The molecule has 0 saturated carbocycles. The zero-order valence-electron chi connectivity index (χ0n) is 24.0. The van der Waals surface area contributed by atoms with Gasteiger partial charge in [-0.25, -0.2) is 18.5 Å². The molecule has 9 nitrogen and oxygen atoms in total. The molecule has 0 unspecified atom stereocenters. The van der Waals surface area contributed by atoms with Crippen LogP contribution in [0.5, 0.6) is 5.75 Å². The molecule has 5 rings (SSSR count). The molecule has 0 aliphatic rings. The van der Waals surface area contributed by atoms with Crippen molar-refractivity contribution in [2.75, 3.05) is 14.2 Å². The summed E-state index contributed by atoms with van der Waals surface area (Å²) in [7, 11) is -0.494. The fourth-order valence-corrected chi connectivity index (χ4v) is 5.55. The van der Waals surface area contributed by atoms with Crippen molar-refractivity contribution < 1.29 is 17.9 Å². The van der Waals surface area contributed by atoms with Crippen molar-refractivity contribution in [2.45, 2.75) is 18.4 Å². The zero-order chi connectivity index (χ0) is 30.4. The molecule has 218 valence electrons. The first-order valence-corrected chi connectivity index (χ1v) is 14.9. The minimum Gasteiger partial charge on any atom is -0.497 e. The molecule has 0 saturated heterocycles. The Morgan fingerprint density at radius 2 is 1.63 bits per heavy atom. The van der Waals surface area contributed by atoms with Gasteiger partial charge in [-0.3, -0.25) is 4.79 Å². The van der Waals surface area contributed by atoms with Gasteiger partial charge in [0.15, 0.2) is 0 Å². The maximum absolute atomic E-state index is 12.9. The molecule has 5 aromatic rings. The van der Waals surface area contributed by atoms with Crippen LogP contribution in [-0.2, 0) is 16.6 Å². The van der Waals surface area contributed by atoms with Gasteiger partial charge in [-0.05, 0) is 73.2 Å². The molecule has 10 heteroatoms. The third-order valence-corrected chi connectivity index (χ3v) is 8.66. The number of para-hydroxylation sites is 1. The Bertz CT molecular complexity index is 1830. The summed E-state index contributed by atoms with van der Waals surface area (Å²) in [5, 5.41) is 8.96. The van der Waals surface area contributed by atoms with Crippen LogP contribution in [0.25, 0.3) is 16.9 Å². The van der Waals surface area contributed by atoms with Gasteiger partial charge < -0.3 is 4.74 Å². The first kappa shape index (κ1) is 29.4. The smallest absolute Gasteiger partial charge is 0.271 e. The van der Waals surface area contributed by atoms with Crippen LogP contribution >= 0.6 is 0 Å². The van der Waals surface area contributed by atoms with E-state index in [1.54, 1.807) is 66.5 Å². The van der Waals surface area contributed by atoms with Gasteiger partial charge in [-0.2, -0.15) is 14.5 Å². The molecule has 0 aliphatic heterocycles. The first-order chi connectivity index (χ1) is 20.7. The number of nitrogens with zero attached hydrogens (tertiary/aromatic N) is 4. The molecule has 0 spiro atoms. The molecule has 0 fully saturated rings. The van der Waals surface area contributed by atoms with Gasteiger partial charge in [0.1, 0.15) is 11.4 Å². The van der Waals surface area contributed by atoms with Gasteiger partial charge >= 0.3 is 0 Å². The SMILES string of the molecule is COc1ccc(-c2nn(-c3ccccc3)cc2C=NNC(=O)c2ccc(CN(C)S(=O)(=O)c3ccc(C)cc3)cc2)cc1. The van der Waals surface area contributed by atoms with Crippen molar-refractivity contribution in [1.29, 1.82) is 0 Å². The Kier molecular flexibility index (Phi) is 8.79. The van der Waals surface area contributed by atoms with E-state index in [-0.39, 0.29) is 11.4 Å². The molecule has 0 aliphatic carbocycles. The summed E-state index contributed by atoms with van der Waals surface area (Å²) in [6, 6.07) is 30.7. The number of carbonyl (C=O) groups is 1. The Morgan fingerprint density at radius 1 is 0.953 bits per heavy atom. The molecule has 43 heavy (non-hydrogen) atoms. The lowest BCUT2D eigenvalue weighted by Crippen LogP contribution is -2.26. The van der Waals surface area contributed by atoms with Crippen LogP contribution in [-0.4, -0.2) is 48.8 Å². The van der Waals surface area contributed by atoms with Crippen LogP contribution in [0.15, 0.2) is 119 Å². The maximum Gasteiger partial charge on any atom is 0.271 e. The molecule has 1 amide bonds. The molecule has 0 radical (unpaired) electrons. The van der Waals surface area contributed by atoms with Gasteiger partial charge in [-0.15, -0.1) is 0 Å². The van der Waals surface area contributed by atoms with Gasteiger partial charge in [-0.1, -0.05) is 48.0 Å². The topological polar surface area (TPSA) is 106 Å². The summed E-state index contributed by atoms with van der Waals surface area (Å²) >= 11 is 0. The number of methoxy groups -OCH3 is 1. The predicted octanol–water partition coefficient (Wildman–Crippen LogP) is 5.44. The Labute approximate surface area is 251 Å². The first-order valence-electron chi connectivity index (χ1n) is 13.5. The standard InChI is InChI=1S/C33H31N5O4S/c1-24-9-19-31(20-10-24)43(40,41)37(2)22-25-11-13-27(14-12-25)33(39)35-34-21-28-23-38(29-7-5-4-6-8-29)36-32(28)26-15-17-30(42-3)18-16-26/h4-21,23H,22H2,1-3H3,(H,35,39). The number of hydrogen-bond donors (Lipinski definition) is 1. The summed E-state index contributed by atoms with van der Waals surface area (Å²) < 4.78 is 34.2. The van der Waals surface area contributed by atoms with Crippen LogP contribution in [0.2, 0.25) is 0 Å². The van der Waals surface area contributed by atoms with Crippen LogP contribution in [0.3, 0.4) is 0 Å². The third-order valence-electron chi connectivity index (χ3n) is 6.85. The number of rotatable bonds is 10. The second-order valence-electron chi connectivity index (χ2n) is 9.91. The highest BCUT2D eigenvalue weighted by molar-refractivity contribution is 7.89. The van der Waals surface area contributed by atoms with Crippen molar-refractivity contribution in [3.05, 3.63) is 132 Å². The van der Waals surface area contributed by atoms with E-state index in [0.717, 1.165) is 28.1 Å². The van der Waals surface area contributed by atoms with Crippen molar-refractivity contribution >= 4 is 22.1 Å². The second kappa shape index (κ2) is 12.8. The Balaban J connectivity index is 1.28. The normalized spacial score (nSPS) is 11.6. The molecular weight excluding hydrogens is 562 g/mol. The molecular formula is C33H31N5O4S. The lowest BCUT2D eigenvalue weighted by molar-refractivity contribution is 0.0955. The van der Waals surface area contributed by atoms with Crippen LogP contribution < -0.4 is 10.2 Å². The highest BCUT2D eigenvalue weighted by atomic mass is 32.2. The molecule has 1 N–H and O–H groups in total. The molecule has 0 bridgehead atoms. The number of benzene rings is 4. The summed E-state index contributed by atoms with van der Waals surface area (Å²) in [4.78, 5) is 13.1. The maximum atomic E-state index is 12.9. The van der Waals surface area contributed by atoms with Gasteiger partial charge in [0.05, 0.1) is 23.9 Å². The minimum absolute atomic E-state index is 0.163. The zero-order valence-corrected chi connectivity index (χ0v) is 24.8. The largest absolute Gasteiger partial charge is 0.497 e. The van der Waals surface area contributed by atoms with Crippen molar-refractivity contribution in [2.24, 2.45) is 5.10 Å². The summed E-state index contributed by atoms with van der Waals surface area (Å²) in [6.45, 7) is 2.07. The average Bonchev–Trinajstić information content (AvgIpc) is 3.46. The average molecular weight is 594 g/mol. The Hall–Kier alpha value is -5.06. The van der Waals surface area contributed by atoms with E-state index >= 15 is 0 Å². The van der Waals surface area contributed by atoms with E-state index in [9.17, 15) is 13.2 Å². The van der Waals surface area contributed by atoms with E-state index < -0.39 is 15.9 Å². The number of aryl methyl sites for hydroxylation is 1. The fraction of sp³-hybridized carbons (Fsp3) is 0.121. The fourth-order valence-electron chi connectivity index (χ4n) is 4.39. The van der Waals surface area contributed by atoms with Crippen molar-refractivity contribution in [3.8, 4) is 22.7 Å². The second-order valence-corrected chi connectivity index (χ2v) is 12.0. The number of aromatic nitrogens is 2. The molecule has 0 atom stereocenters. The summed E-state index contributed by atoms with van der Waals surface area (Å²) in [5.41, 5.74) is 7.85. The van der Waals surface area contributed by atoms with Gasteiger partial charge in [0.2, 0.25) is 10.0 Å². The highest BCUT2D eigenvalue weighted by Gasteiger charge is 2.21. The predicted molar refractivity (Wildman–Crippen MR) is 167 cm³/mol. The lowest BCUT2D eigenvalue weighted by Gasteiger charge is -2.17. The minimum atomic E-state index is -3.64. The Morgan fingerprint density at radius 3 is 2.28 bits per heavy atom. The van der Waals surface area contributed by atoms with Crippen molar-refractivity contribution in [1.82, 2.24) is 19.5 Å². The van der Waals surface area contributed by atoms with E-state index in [0.29, 0.717) is 16.8 Å². The number of carbonyl (C=O) groups excluding carboxylic acids is 1. The van der Waals surface area contributed by atoms with E-state index in [1.807, 2.05) is 67.7 Å².